The number of amides is 2. The average molecular weight is 460 g/mol. The van der Waals surface area contributed by atoms with Gasteiger partial charge in [0.05, 0.1) is 59.3 Å². The summed E-state index contributed by atoms with van der Waals surface area (Å²) in [5.74, 6) is -0.884. The second-order valence-corrected chi connectivity index (χ2v) is 7.91. The van der Waals surface area contributed by atoms with Gasteiger partial charge in [-0.25, -0.2) is 4.52 Å². The molecular formula is C19H18ClN7O3S. The number of alkyl halides is 1. The third-order valence-electron chi connectivity index (χ3n) is 4.43. The molecule has 4 aromatic rings. The molecule has 3 N–H and O–H groups in total. The minimum atomic E-state index is -0.364. The molecule has 0 unspecified atom stereocenters. The standard InChI is InChI=1S/C19H18ClN7O3S/c1-11-15(4-13(7-21-11)24-17(29)5-20)25-18(30)14-8-23-27-10-16(31-19(14)27)12-6-22-26(9-12)2-3-28/h4,6-10,28H,2-3,5H2,1H3,(H,24,29)(H,25,30). The number of nitrogens with one attached hydrogen (secondary N) is 2. The number of rotatable bonds is 7. The van der Waals surface area contributed by atoms with Crippen LogP contribution in [0.5, 0.6) is 0 Å². The molecule has 4 rings (SSSR count). The van der Waals surface area contributed by atoms with E-state index in [-0.39, 0.29) is 24.3 Å². The molecule has 2 amide bonds. The fourth-order valence-electron chi connectivity index (χ4n) is 2.90. The predicted molar refractivity (Wildman–Crippen MR) is 118 cm³/mol. The molecule has 0 aliphatic carbocycles. The Hall–Kier alpha value is -3.28. The summed E-state index contributed by atoms with van der Waals surface area (Å²) >= 11 is 6.93. The van der Waals surface area contributed by atoms with Crippen molar-refractivity contribution in [3.63, 3.8) is 0 Å². The molecule has 0 saturated carbocycles. The molecular weight excluding hydrogens is 442 g/mol. The highest BCUT2D eigenvalue weighted by Crippen LogP contribution is 2.30. The number of pyridine rings is 1. The number of thiazole rings is 1. The fraction of sp³-hybridized carbons (Fsp3) is 0.211. The number of fused-ring (bicyclic) bond motifs is 1. The Balaban J connectivity index is 1.57. The van der Waals surface area contributed by atoms with Gasteiger partial charge in [-0.1, -0.05) is 0 Å². The van der Waals surface area contributed by atoms with E-state index in [1.165, 1.54) is 23.7 Å². The number of carbonyl (C=O) groups is 2. The first-order valence-corrected chi connectivity index (χ1v) is 10.6. The topological polar surface area (TPSA) is 126 Å². The normalized spacial score (nSPS) is 11.1. The number of halogens is 1. The minimum absolute atomic E-state index is 0.00420. The number of aliphatic hydroxyl groups excluding tert-OH is 1. The smallest absolute Gasteiger partial charge is 0.260 e. The summed E-state index contributed by atoms with van der Waals surface area (Å²) in [4.78, 5) is 30.2. The maximum atomic E-state index is 12.9. The number of carbonyl (C=O) groups excluding carboxylic acids is 2. The largest absolute Gasteiger partial charge is 0.394 e. The molecule has 0 saturated heterocycles. The summed E-state index contributed by atoms with van der Waals surface area (Å²) in [6.45, 7) is 2.17. The maximum absolute atomic E-state index is 12.9. The maximum Gasteiger partial charge on any atom is 0.260 e. The van der Waals surface area contributed by atoms with Gasteiger partial charge in [0.15, 0.2) is 0 Å². The van der Waals surface area contributed by atoms with Crippen LogP contribution in [0.2, 0.25) is 0 Å². The number of aryl methyl sites for hydroxylation is 1. The molecule has 0 aromatic carbocycles. The van der Waals surface area contributed by atoms with Gasteiger partial charge in [-0.3, -0.25) is 19.3 Å². The molecule has 4 aromatic heterocycles. The van der Waals surface area contributed by atoms with Crippen LogP contribution < -0.4 is 10.6 Å². The molecule has 4 heterocycles. The Kier molecular flexibility index (Phi) is 5.98. The van der Waals surface area contributed by atoms with E-state index in [0.29, 0.717) is 34.0 Å². The van der Waals surface area contributed by atoms with Crippen molar-refractivity contribution in [2.45, 2.75) is 13.5 Å². The summed E-state index contributed by atoms with van der Waals surface area (Å²) < 4.78 is 3.29. The monoisotopic (exact) mass is 459 g/mol. The van der Waals surface area contributed by atoms with Crippen molar-refractivity contribution >= 4 is 51.0 Å². The van der Waals surface area contributed by atoms with Crippen molar-refractivity contribution in [1.82, 2.24) is 24.4 Å². The van der Waals surface area contributed by atoms with Crippen molar-refractivity contribution in [3.8, 4) is 10.4 Å². The van der Waals surface area contributed by atoms with E-state index >= 15 is 0 Å². The molecule has 0 aliphatic rings. The fourth-order valence-corrected chi connectivity index (χ4v) is 4.00. The van der Waals surface area contributed by atoms with Crippen molar-refractivity contribution in [2.75, 3.05) is 23.1 Å². The van der Waals surface area contributed by atoms with Gasteiger partial charge < -0.3 is 15.7 Å². The molecule has 31 heavy (non-hydrogen) atoms. The Bertz CT molecular complexity index is 1260. The number of nitrogens with zero attached hydrogens (tertiary/aromatic N) is 5. The summed E-state index contributed by atoms with van der Waals surface area (Å²) in [5, 5.41) is 23.0. The van der Waals surface area contributed by atoms with Crippen LogP contribution >= 0.6 is 22.9 Å². The summed E-state index contributed by atoms with van der Waals surface area (Å²) in [5.41, 5.74) is 2.79. The first kappa shape index (κ1) is 21.0. The first-order valence-electron chi connectivity index (χ1n) is 9.23. The Morgan fingerprint density at radius 2 is 2.03 bits per heavy atom. The minimum Gasteiger partial charge on any atom is -0.394 e. The summed E-state index contributed by atoms with van der Waals surface area (Å²) in [6.07, 6.45) is 8.36. The van der Waals surface area contributed by atoms with Gasteiger partial charge in [-0.05, 0) is 13.0 Å². The number of aromatic nitrogens is 5. The highest BCUT2D eigenvalue weighted by Gasteiger charge is 2.18. The molecule has 0 aliphatic heterocycles. The Morgan fingerprint density at radius 3 is 2.81 bits per heavy atom. The lowest BCUT2D eigenvalue weighted by atomic mass is 10.2. The third kappa shape index (κ3) is 4.43. The van der Waals surface area contributed by atoms with Gasteiger partial charge in [0.25, 0.3) is 5.91 Å². The molecule has 12 heteroatoms. The average Bonchev–Trinajstić information content (AvgIpc) is 3.46. The quantitative estimate of drug-likeness (QED) is 0.364. The third-order valence-corrected chi connectivity index (χ3v) is 5.83. The summed E-state index contributed by atoms with van der Waals surface area (Å²) in [6, 6.07) is 1.63. The molecule has 0 bridgehead atoms. The van der Waals surface area contributed by atoms with Crippen LogP contribution in [-0.4, -0.2) is 53.8 Å². The van der Waals surface area contributed by atoms with Gasteiger partial charge in [-0.15, -0.1) is 22.9 Å². The van der Waals surface area contributed by atoms with E-state index in [9.17, 15) is 9.59 Å². The van der Waals surface area contributed by atoms with E-state index in [4.69, 9.17) is 16.7 Å². The van der Waals surface area contributed by atoms with Gasteiger partial charge in [0, 0.05) is 18.0 Å². The van der Waals surface area contributed by atoms with E-state index in [0.717, 1.165) is 10.4 Å². The SMILES string of the molecule is Cc1ncc(NC(=O)CCl)cc1NC(=O)c1cnn2cc(-c3cnn(CCO)c3)sc12. The van der Waals surface area contributed by atoms with Crippen LogP contribution in [0.1, 0.15) is 16.1 Å². The summed E-state index contributed by atoms with van der Waals surface area (Å²) in [7, 11) is 0. The van der Waals surface area contributed by atoms with Crippen molar-refractivity contribution < 1.29 is 14.7 Å². The highest BCUT2D eigenvalue weighted by atomic mass is 35.5. The van der Waals surface area contributed by atoms with Crippen LogP contribution in [0.15, 0.2) is 37.1 Å². The lowest BCUT2D eigenvalue weighted by Gasteiger charge is -2.10. The second kappa shape index (κ2) is 8.84. The van der Waals surface area contributed by atoms with Gasteiger partial charge >= 0.3 is 0 Å². The Morgan fingerprint density at radius 1 is 1.19 bits per heavy atom. The van der Waals surface area contributed by atoms with E-state index in [1.54, 1.807) is 28.4 Å². The van der Waals surface area contributed by atoms with E-state index in [2.05, 4.69) is 25.8 Å². The molecule has 0 radical (unpaired) electrons. The first-order chi connectivity index (χ1) is 15.0. The van der Waals surface area contributed by atoms with Crippen LogP contribution in [0.4, 0.5) is 11.4 Å². The van der Waals surface area contributed by atoms with Crippen LogP contribution in [-0.2, 0) is 11.3 Å². The second-order valence-electron chi connectivity index (χ2n) is 6.61. The number of aliphatic hydroxyl groups is 1. The number of hydrogen-bond donors (Lipinski definition) is 3. The van der Waals surface area contributed by atoms with E-state index < -0.39 is 0 Å². The highest BCUT2D eigenvalue weighted by molar-refractivity contribution is 7.21. The van der Waals surface area contributed by atoms with Gasteiger partial charge in [-0.2, -0.15) is 10.2 Å². The van der Waals surface area contributed by atoms with Gasteiger partial charge in [0.2, 0.25) is 5.91 Å². The number of hydrogen-bond acceptors (Lipinski definition) is 7. The zero-order valence-corrected chi connectivity index (χ0v) is 17.9. The molecule has 0 spiro atoms. The van der Waals surface area contributed by atoms with Crippen LogP contribution in [0.3, 0.4) is 0 Å². The lowest BCUT2D eigenvalue weighted by molar-refractivity contribution is -0.113. The van der Waals surface area contributed by atoms with Crippen molar-refractivity contribution in [1.29, 1.82) is 0 Å². The van der Waals surface area contributed by atoms with Crippen molar-refractivity contribution in [2.24, 2.45) is 0 Å². The zero-order valence-electron chi connectivity index (χ0n) is 16.4. The Labute approximate surface area is 185 Å². The lowest BCUT2D eigenvalue weighted by Crippen LogP contribution is -2.15. The van der Waals surface area contributed by atoms with E-state index in [1.807, 2.05) is 12.4 Å². The molecule has 0 fully saturated rings. The number of anilines is 2. The van der Waals surface area contributed by atoms with Crippen LogP contribution in [0, 0.1) is 6.92 Å². The predicted octanol–water partition coefficient (Wildman–Crippen LogP) is 2.38. The molecule has 0 atom stereocenters. The van der Waals surface area contributed by atoms with Crippen LogP contribution in [0.25, 0.3) is 15.3 Å². The zero-order chi connectivity index (χ0) is 22.0. The molecule has 160 valence electrons. The molecule has 10 nitrogen and oxygen atoms in total. The van der Waals surface area contributed by atoms with Crippen molar-refractivity contribution in [3.05, 3.63) is 48.3 Å². The van der Waals surface area contributed by atoms with Gasteiger partial charge in [0.1, 0.15) is 10.7 Å².